The van der Waals surface area contributed by atoms with E-state index in [1.165, 1.54) is 13.2 Å². The lowest BCUT2D eigenvalue weighted by Gasteiger charge is -2.37. The topological polar surface area (TPSA) is 90.0 Å². The molecule has 7 nitrogen and oxygen atoms in total. The summed E-state index contributed by atoms with van der Waals surface area (Å²) in [5.41, 5.74) is 2.09. The highest BCUT2D eigenvalue weighted by atomic mass is 35.5. The molecule has 2 aromatic rings. The molecule has 0 radical (unpaired) electrons. The largest absolute Gasteiger partial charge is 0.468 e. The zero-order valence-electron chi connectivity index (χ0n) is 19.8. The van der Waals surface area contributed by atoms with Crippen LogP contribution in [0.4, 0.5) is 0 Å². The molecule has 0 N–H and O–H groups in total. The third-order valence-electron chi connectivity index (χ3n) is 5.61. The molecule has 35 heavy (non-hydrogen) atoms. The lowest BCUT2D eigenvalue weighted by atomic mass is 9.98. The lowest BCUT2D eigenvalue weighted by Crippen LogP contribution is -2.43. The summed E-state index contributed by atoms with van der Waals surface area (Å²) in [6, 6.07) is 12.8. The van der Waals surface area contributed by atoms with Crippen LogP contribution in [-0.4, -0.2) is 57.3 Å². The molecule has 1 saturated heterocycles. The van der Waals surface area contributed by atoms with Crippen LogP contribution >= 0.6 is 22.4 Å². The van der Waals surface area contributed by atoms with Gasteiger partial charge in [-0.1, -0.05) is 47.5 Å². The summed E-state index contributed by atoms with van der Waals surface area (Å²) < 4.78 is 36.4. The highest BCUT2D eigenvalue weighted by molar-refractivity contribution is 8.72. The second kappa shape index (κ2) is 12.1. The molecule has 3 rings (SSSR count). The second-order valence-electron chi connectivity index (χ2n) is 8.03. The number of hydrogen-bond acceptors (Lipinski definition) is 8. The molecule has 2 unspecified atom stereocenters. The Morgan fingerprint density at radius 1 is 1.20 bits per heavy atom. The van der Waals surface area contributed by atoms with Crippen LogP contribution in [-0.2, 0) is 27.9 Å². The van der Waals surface area contributed by atoms with Crippen molar-refractivity contribution in [2.24, 2.45) is 0 Å². The third kappa shape index (κ3) is 6.88. The second-order valence-corrected chi connectivity index (χ2v) is 12.5. The van der Waals surface area contributed by atoms with Gasteiger partial charge in [0.15, 0.2) is 0 Å². The van der Waals surface area contributed by atoms with E-state index in [1.54, 1.807) is 55.5 Å². The van der Waals surface area contributed by atoms with Crippen LogP contribution in [0.1, 0.15) is 30.5 Å². The van der Waals surface area contributed by atoms with Gasteiger partial charge >= 0.3 is 11.9 Å². The van der Waals surface area contributed by atoms with E-state index in [0.29, 0.717) is 29.1 Å². The molecule has 1 fully saturated rings. The zero-order chi connectivity index (χ0) is 25.6. The van der Waals surface area contributed by atoms with Crippen LogP contribution < -0.4 is 0 Å². The van der Waals surface area contributed by atoms with Gasteiger partial charge < -0.3 is 9.47 Å². The van der Waals surface area contributed by atoms with E-state index in [2.05, 4.69) is 0 Å². The minimum atomic E-state index is -3.68. The summed E-state index contributed by atoms with van der Waals surface area (Å²) in [5.74, 6) is -1.05. The number of benzene rings is 2. The maximum Gasteiger partial charge on any atom is 0.330 e. The van der Waals surface area contributed by atoms with Gasteiger partial charge in [-0.05, 0) is 60.4 Å². The maximum atomic E-state index is 13.1. The normalized spacial score (nSPS) is 18.7. The molecular formula is C25H28ClNO6S2. The van der Waals surface area contributed by atoms with E-state index in [1.807, 2.05) is 11.8 Å². The number of rotatable bonds is 8. The molecular weight excluding hydrogens is 510 g/mol. The third-order valence-corrected chi connectivity index (χ3v) is 9.86. The fourth-order valence-electron chi connectivity index (χ4n) is 3.88. The standard InChI is InChI=1S/C25H28ClNO6S2/c1-4-33-23(28)15-18-16-27(24(25(29)32-3)20-7-5-6-8-21(20)26)14-13-22(18)34-35(30,31)19-11-9-17(2)10-12-19/h5-12,15,22,24H,4,13-14,16H2,1-3H3/b18-15-. The fourth-order valence-corrected chi connectivity index (χ4v) is 7.72. The van der Waals surface area contributed by atoms with Crippen LogP contribution in [0, 0.1) is 6.92 Å². The molecule has 1 aliphatic rings. The van der Waals surface area contributed by atoms with Gasteiger partial charge in [0.1, 0.15) is 6.04 Å². The number of carbonyl (C=O) groups is 2. The van der Waals surface area contributed by atoms with Crippen LogP contribution in [0.2, 0.25) is 5.02 Å². The molecule has 0 amide bonds. The van der Waals surface area contributed by atoms with Crippen molar-refractivity contribution in [1.82, 2.24) is 4.90 Å². The van der Waals surface area contributed by atoms with E-state index in [-0.39, 0.29) is 18.0 Å². The lowest BCUT2D eigenvalue weighted by molar-refractivity contribution is -0.147. The van der Waals surface area contributed by atoms with E-state index >= 15 is 0 Å². The zero-order valence-corrected chi connectivity index (χ0v) is 22.2. The Morgan fingerprint density at radius 2 is 1.89 bits per heavy atom. The number of esters is 2. The SMILES string of the molecule is CCOC(=O)/C=C1/CN(C(C(=O)OC)c2ccccc2Cl)CCC1SS(=O)(=O)c1ccc(C)cc1. The first-order valence-electron chi connectivity index (χ1n) is 11.1. The molecule has 2 aromatic carbocycles. The number of likely N-dealkylation sites (tertiary alicyclic amines) is 1. The molecule has 2 atom stereocenters. The van der Waals surface area contributed by atoms with Crippen molar-refractivity contribution in [1.29, 1.82) is 0 Å². The minimum Gasteiger partial charge on any atom is -0.468 e. The van der Waals surface area contributed by atoms with Gasteiger partial charge in [0.2, 0.25) is 8.87 Å². The van der Waals surface area contributed by atoms with Crippen LogP contribution in [0.5, 0.6) is 0 Å². The number of hydrogen-bond donors (Lipinski definition) is 0. The molecule has 1 aliphatic heterocycles. The van der Waals surface area contributed by atoms with Gasteiger partial charge in [-0.2, -0.15) is 0 Å². The summed E-state index contributed by atoms with van der Waals surface area (Å²) >= 11 is 6.39. The van der Waals surface area contributed by atoms with Crippen molar-refractivity contribution in [3.05, 3.63) is 76.3 Å². The molecule has 0 spiro atoms. The maximum absolute atomic E-state index is 13.1. The Morgan fingerprint density at radius 3 is 2.51 bits per heavy atom. The van der Waals surface area contributed by atoms with Crippen molar-refractivity contribution in [3.8, 4) is 0 Å². The summed E-state index contributed by atoms with van der Waals surface area (Å²) in [5, 5.41) is -0.0798. The highest BCUT2D eigenvalue weighted by Crippen LogP contribution is 2.39. The van der Waals surface area contributed by atoms with Crippen LogP contribution in [0.15, 0.2) is 65.1 Å². The molecule has 10 heteroatoms. The van der Waals surface area contributed by atoms with Crippen molar-refractivity contribution >= 4 is 43.2 Å². The first-order valence-corrected chi connectivity index (χ1v) is 14.4. The number of piperidine rings is 1. The first-order chi connectivity index (χ1) is 16.7. The molecule has 1 heterocycles. The molecule has 188 valence electrons. The van der Waals surface area contributed by atoms with Gasteiger partial charge in [-0.25, -0.2) is 18.0 Å². The minimum absolute atomic E-state index is 0.172. The van der Waals surface area contributed by atoms with Crippen molar-refractivity contribution in [2.45, 2.75) is 36.5 Å². The smallest absolute Gasteiger partial charge is 0.330 e. The molecule has 0 bridgehead atoms. The molecule has 0 aliphatic carbocycles. The number of nitrogens with zero attached hydrogens (tertiary/aromatic N) is 1. The highest BCUT2D eigenvalue weighted by Gasteiger charge is 2.37. The van der Waals surface area contributed by atoms with Crippen molar-refractivity contribution in [2.75, 3.05) is 26.8 Å². The summed E-state index contributed by atoms with van der Waals surface area (Å²) in [4.78, 5) is 27.2. The van der Waals surface area contributed by atoms with E-state index in [4.69, 9.17) is 21.1 Å². The van der Waals surface area contributed by atoms with Gasteiger partial charge in [-0.3, -0.25) is 4.90 Å². The number of aryl methyl sites for hydroxylation is 1. The fraction of sp³-hybridized carbons (Fsp3) is 0.360. The predicted molar refractivity (Wildman–Crippen MR) is 137 cm³/mol. The number of methoxy groups -OCH3 is 1. The Bertz CT molecular complexity index is 1200. The number of halogens is 1. The predicted octanol–water partition coefficient (Wildman–Crippen LogP) is 4.55. The number of carbonyl (C=O) groups excluding carboxylic acids is 2. The quantitative estimate of drug-likeness (QED) is 0.275. The van der Waals surface area contributed by atoms with Gasteiger partial charge in [0.05, 0.1) is 18.6 Å². The van der Waals surface area contributed by atoms with Crippen LogP contribution in [0.25, 0.3) is 0 Å². The summed E-state index contributed by atoms with van der Waals surface area (Å²) in [7, 11) is -1.57. The molecule has 0 saturated carbocycles. The Balaban J connectivity index is 1.93. The number of ether oxygens (including phenoxy) is 2. The van der Waals surface area contributed by atoms with Gasteiger partial charge in [0, 0.05) is 29.4 Å². The average molecular weight is 538 g/mol. The summed E-state index contributed by atoms with van der Waals surface area (Å²) in [6.07, 6.45) is 1.72. The first kappa shape index (κ1) is 27.3. The average Bonchev–Trinajstić information content (AvgIpc) is 2.82. The van der Waals surface area contributed by atoms with Crippen LogP contribution in [0.3, 0.4) is 0 Å². The van der Waals surface area contributed by atoms with E-state index in [0.717, 1.165) is 16.4 Å². The van der Waals surface area contributed by atoms with Crippen molar-refractivity contribution in [3.63, 3.8) is 0 Å². The van der Waals surface area contributed by atoms with Gasteiger partial charge in [0.25, 0.3) is 0 Å². The molecule has 0 aromatic heterocycles. The monoisotopic (exact) mass is 537 g/mol. The van der Waals surface area contributed by atoms with E-state index in [9.17, 15) is 18.0 Å². The Hall–Kier alpha value is -2.33. The van der Waals surface area contributed by atoms with Gasteiger partial charge in [-0.15, -0.1) is 0 Å². The van der Waals surface area contributed by atoms with E-state index < -0.39 is 32.1 Å². The summed E-state index contributed by atoms with van der Waals surface area (Å²) in [6.45, 7) is 4.34. The van der Waals surface area contributed by atoms with Crippen molar-refractivity contribution < 1.29 is 27.5 Å². The Labute approximate surface area is 214 Å². The Kier molecular flexibility index (Phi) is 9.40.